The highest BCUT2D eigenvalue weighted by molar-refractivity contribution is 7.84. The molecule has 2 saturated carbocycles. The van der Waals surface area contributed by atoms with Gasteiger partial charge in [0.2, 0.25) is 0 Å². The van der Waals surface area contributed by atoms with Gasteiger partial charge in [0.1, 0.15) is 5.78 Å². The van der Waals surface area contributed by atoms with Crippen LogP contribution in [-0.2, 0) is 21.5 Å². The summed E-state index contributed by atoms with van der Waals surface area (Å²) in [5, 5.41) is 5.04. The van der Waals surface area contributed by atoms with E-state index in [0.717, 1.165) is 50.5 Å². The molecule has 2 N–H and O–H groups in total. The van der Waals surface area contributed by atoms with Crippen LogP contribution < -0.4 is 14.1 Å². The molecule has 1 aromatic rings. The highest BCUT2D eigenvalue weighted by Crippen LogP contribution is 2.59. The second kappa shape index (κ2) is 6.48. The quantitative estimate of drug-likeness (QED) is 0.851. The molecule has 0 aliphatic heterocycles. The number of aryl methyl sites for hydroxylation is 1. The molecule has 4 atom stereocenters. The van der Waals surface area contributed by atoms with E-state index in [1.165, 1.54) is 12.7 Å². The van der Waals surface area contributed by atoms with Crippen molar-refractivity contribution >= 4 is 16.1 Å². The number of methoxy groups -OCH3 is 1. The van der Waals surface area contributed by atoms with Crippen LogP contribution in [0.25, 0.3) is 0 Å². The largest absolute Gasteiger partial charge is 0.493 e. The summed E-state index contributed by atoms with van der Waals surface area (Å²) in [5.74, 6) is 2.29. The van der Waals surface area contributed by atoms with E-state index in [4.69, 9.17) is 14.1 Å². The molecule has 4 rings (SSSR count). The summed E-state index contributed by atoms with van der Waals surface area (Å²) < 4.78 is 33.0. The van der Waals surface area contributed by atoms with E-state index in [-0.39, 0.29) is 11.2 Å². The third-order valence-electron chi connectivity index (χ3n) is 7.16. The van der Waals surface area contributed by atoms with Crippen molar-refractivity contribution in [2.75, 3.05) is 7.11 Å². The fraction of sp³-hybridized carbons (Fsp3) is 0.650. The van der Waals surface area contributed by atoms with Gasteiger partial charge in [0.15, 0.2) is 11.5 Å². The van der Waals surface area contributed by atoms with Crippen molar-refractivity contribution in [1.82, 2.24) is 0 Å². The van der Waals surface area contributed by atoms with E-state index in [1.807, 2.05) is 6.07 Å². The lowest BCUT2D eigenvalue weighted by Gasteiger charge is -2.53. The summed E-state index contributed by atoms with van der Waals surface area (Å²) >= 11 is 0. The van der Waals surface area contributed by atoms with Gasteiger partial charge in [-0.25, -0.2) is 0 Å². The monoisotopic (exact) mass is 393 g/mol. The number of hydrogen-bond donors (Lipinski definition) is 1. The second-order valence-corrected chi connectivity index (χ2v) is 9.62. The number of hydrogen-bond acceptors (Lipinski definition) is 5. The molecular formula is C20H27NO5S. The van der Waals surface area contributed by atoms with Crippen LogP contribution in [0.1, 0.15) is 62.5 Å². The topological polar surface area (TPSA) is 95.7 Å². The molecule has 0 radical (unpaired) electrons. The lowest BCUT2D eigenvalue weighted by atomic mass is 9.50. The summed E-state index contributed by atoms with van der Waals surface area (Å²) in [4.78, 5) is 12.6. The van der Waals surface area contributed by atoms with Gasteiger partial charge in [0.05, 0.1) is 7.11 Å². The van der Waals surface area contributed by atoms with Gasteiger partial charge in [0.25, 0.3) is 0 Å². The van der Waals surface area contributed by atoms with Gasteiger partial charge in [-0.2, -0.15) is 13.6 Å². The molecule has 6 nitrogen and oxygen atoms in total. The minimum atomic E-state index is -4.11. The SMILES string of the molecule is COc1cc2c(cc1OS(N)(=O)=O)CC[C@@H]1[C@@H]2CC[C@]2(C)C(=O)CCC[C@@H]12. The van der Waals surface area contributed by atoms with E-state index >= 15 is 0 Å². The fourth-order valence-corrected chi connectivity index (χ4v) is 6.28. The van der Waals surface area contributed by atoms with Crippen LogP contribution in [0, 0.1) is 17.3 Å². The number of nitrogens with two attached hydrogens (primary N) is 1. The first-order valence-electron chi connectivity index (χ1n) is 9.69. The zero-order valence-electron chi connectivity index (χ0n) is 15.9. The van der Waals surface area contributed by atoms with E-state index in [2.05, 4.69) is 6.92 Å². The van der Waals surface area contributed by atoms with Gasteiger partial charge in [-0.1, -0.05) is 6.92 Å². The number of Topliss-reactive ketones (excluding diaryl/α,β-unsaturated/α-hetero) is 1. The van der Waals surface area contributed by atoms with E-state index in [9.17, 15) is 13.2 Å². The van der Waals surface area contributed by atoms with Crippen LogP contribution in [0.5, 0.6) is 11.5 Å². The summed E-state index contributed by atoms with van der Waals surface area (Å²) in [5.41, 5.74) is 2.14. The molecule has 7 heteroatoms. The molecule has 0 amide bonds. The normalized spacial score (nSPS) is 32.9. The van der Waals surface area contributed by atoms with Crippen molar-refractivity contribution in [2.24, 2.45) is 22.4 Å². The zero-order valence-corrected chi connectivity index (χ0v) is 16.7. The first-order chi connectivity index (χ1) is 12.7. The maximum Gasteiger partial charge on any atom is 0.380 e. The number of ketones is 1. The third kappa shape index (κ3) is 3.14. The Balaban J connectivity index is 1.71. The Bertz CT molecular complexity index is 881. The standard InChI is InChI=1S/C20H27NO5S/c1-20-9-8-13-14(16(20)4-3-5-19(20)22)7-6-12-10-18(26-27(21,23)24)17(25-2)11-15(12)13/h10-11,13-14,16H,3-9H2,1-2H3,(H2,21,23,24)/t13-,14+,16-,20-/m0/s1. The van der Waals surface area contributed by atoms with Crippen molar-refractivity contribution in [3.05, 3.63) is 23.3 Å². The Morgan fingerprint density at radius 3 is 2.63 bits per heavy atom. The van der Waals surface area contributed by atoms with Gasteiger partial charge in [-0.3, -0.25) is 4.79 Å². The highest BCUT2D eigenvalue weighted by Gasteiger charge is 2.52. The van der Waals surface area contributed by atoms with Gasteiger partial charge in [-0.05, 0) is 79.5 Å². The number of benzene rings is 1. The van der Waals surface area contributed by atoms with E-state index < -0.39 is 10.3 Å². The molecule has 27 heavy (non-hydrogen) atoms. The van der Waals surface area contributed by atoms with Crippen LogP contribution in [0.4, 0.5) is 0 Å². The molecule has 0 bridgehead atoms. The van der Waals surface area contributed by atoms with Crippen molar-refractivity contribution in [1.29, 1.82) is 0 Å². The molecule has 0 unspecified atom stereocenters. The minimum absolute atomic E-state index is 0.144. The summed E-state index contributed by atoms with van der Waals surface area (Å²) in [6.07, 6.45) is 6.63. The van der Waals surface area contributed by atoms with Crippen molar-refractivity contribution in [3.63, 3.8) is 0 Å². The van der Waals surface area contributed by atoms with Crippen LogP contribution in [0.3, 0.4) is 0 Å². The number of fused-ring (bicyclic) bond motifs is 5. The fourth-order valence-electron chi connectivity index (χ4n) is 5.89. The average molecular weight is 394 g/mol. The Morgan fingerprint density at radius 2 is 1.93 bits per heavy atom. The molecule has 3 aliphatic rings. The molecule has 2 fully saturated rings. The van der Waals surface area contributed by atoms with Crippen molar-refractivity contribution in [3.8, 4) is 11.5 Å². The Kier molecular flexibility index (Phi) is 4.50. The van der Waals surface area contributed by atoms with Crippen LogP contribution in [0.2, 0.25) is 0 Å². The predicted octanol–water partition coefficient (Wildman–Crippen LogP) is 3.09. The lowest BCUT2D eigenvalue weighted by molar-refractivity contribution is -0.140. The molecule has 148 valence electrons. The molecule has 0 heterocycles. The zero-order chi connectivity index (χ0) is 19.4. The Hall–Kier alpha value is -1.60. The van der Waals surface area contributed by atoms with Gasteiger partial charge >= 0.3 is 10.3 Å². The number of carbonyl (C=O) groups excluding carboxylic acids is 1. The molecule has 1 aromatic carbocycles. The number of carbonyl (C=O) groups is 1. The average Bonchev–Trinajstić information content (AvgIpc) is 2.60. The summed E-state index contributed by atoms with van der Waals surface area (Å²) in [6, 6.07) is 3.68. The van der Waals surface area contributed by atoms with Crippen molar-refractivity contribution < 1.29 is 22.1 Å². The van der Waals surface area contributed by atoms with Crippen molar-refractivity contribution in [2.45, 2.75) is 57.8 Å². The maximum absolute atomic E-state index is 12.6. The smallest absolute Gasteiger partial charge is 0.380 e. The highest BCUT2D eigenvalue weighted by atomic mass is 32.2. The van der Waals surface area contributed by atoms with Gasteiger partial charge in [0, 0.05) is 11.8 Å². The molecule has 0 aromatic heterocycles. The van der Waals surface area contributed by atoms with Crippen LogP contribution in [0.15, 0.2) is 12.1 Å². The Labute approximate surface area is 160 Å². The number of rotatable bonds is 3. The molecule has 0 saturated heterocycles. The van der Waals surface area contributed by atoms with Crippen LogP contribution in [-0.4, -0.2) is 21.3 Å². The lowest BCUT2D eigenvalue weighted by Crippen LogP contribution is -2.49. The first kappa shape index (κ1) is 18.7. The molecular weight excluding hydrogens is 366 g/mol. The van der Waals surface area contributed by atoms with Gasteiger partial charge in [-0.15, -0.1) is 0 Å². The summed E-state index contributed by atoms with van der Waals surface area (Å²) in [6.45, 7) is 2.18. The van der Waals surface area contributed by atoms with E-state index in [1.54, 1.807) is 6.07 Å². The second-order valence-electron chi connectivity index (χ2n) is 8.47. The minimum Gasteiger partial charge on any atom is -0.493 e. The molecule has 0 spiro atoms. The first-order valence-corrected chi connectivity index (χ1v) is 11.2. The number of ether oxygens (including phenoxy) is 1. The van der Waals surface area contributed by atoms with E-state index in [0.29, 0.717) is 29.3 Å². The third-order valence-corrected chi connectivity index (χ3v) is 7.57. The van der Waals surface area contributed by atoms with Gasteiger partial charge < -0.3 is 8.92 Å². The molecule has 3 aliphatic carbocycles. The summed E-state index contributed by atoms with van der Waals surface area (Å²) in [7, 11) is -2.61. The predicted molar refractivity (Wildman–Crippen MR) is 101 cm³/mol. The Morgan fingerprint density at radius 1 is 1.15 bits per heavy atom. The maximum atomic E-state index is 12.6. The van der Waals surface area contributed by atoms with Crippen LogP contribution >= 0.6 is 0 Å².